The highest BCUT2D eigenvalue weighted by Gasteiger charge is 2.13. The molecule has 1 N–H and O–H groups in total. The fourth-order valence-corrected chi connectivity index (χ4v) is 3.66. The standard InChI is InChI=1S/C26H21Cl2N3O3/c1-33-24-10-6-7-19(25(24)34-17-18-11-12-21(27)22(28)15-18)16-29-30-26(32)20-8-2-3-9-23(20)31-13-4-5-14-31/h2-16H,17H2,1H3,(H,30,32)/b29-16-. The lowest BCUT2D eigenvalue weighted by Gasteiger charge is -2.13. The zero-order valence-electron chi connectivity index (χ0n) is 18.2. The molecular weight excluding hydrogens is 473 g/mol. The highest BCUT2D eigenvalue weighted by molar-refractivity contribution is 6.42. The van der Waals surface area contributed by atoms with Crippen molar-refractivity contribution >= 4 is 35.3 Å². The van der Waals surface area contributed by atoms with Crippen LogP contribution in [0.1, 0.15) is 21.5 Å². The average Bonchev–Trinajstić information content (AvgIpc) is 3.40. The summed E-state index contributed by atoms with van der Waals surface area (Å²) in [6, 6.07) is 21.8. The van der Waals surface area contributed by atoms with Crippen LogP contribution in [0.25, 0.3) is 5.69 Å². The molecule has 0 aliphatic rings. The fraction of sp³-hybridized carbons (Fsp3) is 0.0769. The van der Waals surface area contributed by atoms with E-state index >= 15 is 0 Å². The Kier molecular flexibility index (Phi) is 7.52. The monoisotopic (exact) mass is 493 g/mol. The van der Waals surface area contributed by atoms with Crippen LogP contribution in [0.2, 0.25) is 10.0 Å². The van der Waals surface area contributed by atoms with Gasteiger partial charge < -0.3 is 14.0 Å². The molecule has 0 bridgehead atoms. The summed E-state index contributed by atoms with van der Waals surface area (Å²) in [6.45, 7) is 0.245. The van der Waals surface area contributed by atoms with Gasteiger partial charge in [0.2, 0.25) is 0 Å². The van der Waals surface area contributed by atoms with Crippen LogP contribution >= 0.6 is 23.2 Å². The zero-order chi connectivity index (χ0) is 23.9. The quantitative estimate of drug-likeness (QED) is 0.237. The van der Waals surface area contributed by atoms with E-state index < -0.39 is 0 Å². The van der Waals surface area contributed by atoms with Crippen LogP contribution in [0.4, 0.5) is 0 Å². The van der Waals surface area contributed by atoms with Crippen molar-refractivity contribution in [1.82, 2.24) is 9.99 Å². The minimum atomic E-state index is -0.332. The van der Waals surface area contributed by atoms with Gasteiger partial charge in [0.05, 0.1) is 34.6 Å². The number of nitrogens with zero attached hydrogens (tertiary/aromatic N) is 2. The SMILES string of the molecule is COc1cccc(/C=N\NC(=O)c2ccccc2-n2cccc2)c1OCc1ccc(Cl)c(Cl)c1. The highest BCUT2D eigenvalue weighted by Crippen LogP contribution is 2.31. The van der Waals surface area contributed by atoms with E-state index in [1.807, 2.05) is 65.5 Å². The summed E-state index contributed by atoms with van der Waals surface area (Å²) in [5.74, 6) is 0.692. The molecule has 0 fully saturated rings. The molecule has 0 saturated carbocycles. The maximum absolute atomic E-state index is 12.8. The number of hydrogen-bond donors (Lipinski definition) is 1. The Morgan fingerprint density at radius 2 is 1.79 bits per heavy atom. The lowest BCUT2D eigenvalue weighted by molar-refractivity contribution is 0.0955. The van der Waals surface area contributed by atoms with E-state index in [0.717, 1.165) is 11.3 Å². The second-order valence-corrected chi connectivity index (χ2v) is 8.04. The summed E-state index contributed by atoms with van der Waals surface area (Å²) in [5.41, 5.74) is 5.33. The predicted octanol–water partition coefficient (Wildman–Crippen LogP) is 6.14. The fourth-order valence-electron chi connectivity index (χ4n) is 3.34. The number of benzene rings is 3. The van der Waals surface area contributed by atoms with Gasteiger partial charge in [-0.05, 0) is 54.1 Å². The molecular formula is C26H21Cl2N3O3. The first-order valence-electron chi connectivity index (χ1n) is 10.4. The molecule has 0 radical (unpaired) electrons. The van der Waals surface area contributed by atoms with Crippen LogP contribution in [0.3, 0.4) is 0 Å². The Morgan fingerprint density at radius 3 is 2.56 bits per heavy atom. The predicted molar refractivity (Wildman–Crippen MR) is 135 cm³/mol. The Labute approximate surface area is 207 Å². The molecule has 8 heteroatoms. The van der Waals surface area contributed by atoms with Crippen LogP contribution in [0.15, 0.2) is 90.3 Å². The van der Waals surface area contributed by atoms with Gasteiger partial charge in [-0.1, -0.05) is 47.5 Å². The smallest absolute Gasteiger partial charge is 0.273 e. The first-order chi connectivity index (χ1) is 16.6. The molecule has 3 aromatic carbocycles. The lowest BCUT2D eigenvalue weighted by atomic mass is 10.1. The van der Waals surface area contributed by atoms with Crippen LogP contribution in [0, 0.1) is 0 Å². The summed E-state index contributed by atoms with van der Waals surface area (Å²) in [4.78, 5) is 12.8. The molecule has 0 spiro atoms. The van der Waals surface area contributed by atoms with Gasteiger partial charge >= 0.3 is 0 Å². The van der Waals surface area contributed by atoms with E-state index in [1.165, 1.54) is 6.21 Å². The van der Waals surface area contributed by atoms with Crippen LogP contribution < -0.4 is 14.9 Å². The topological polar surface area (TPSA) is 64.8 Å². The number of amides is 1. The molecule has 1 amide bonds. The third-order valence-electron chi connectivity index (χ3n) is 5.00. The van der Waals surface area contributed by atoms with Crippen molar-refractivity contribution in [3.63, 3.8) is 0 Å². The number of rotatable bonds is 8. The molecule has 0 unspecified atom stereocenters. The molecule has 4 rings (SSSR count). The molecule has 6 nitrogen and oxygen atoms in total. The van der Waals surface area contributed by atoms with Crippen molar-refractivity contribution in [2.45, 2.75) is 6.61 Å². The molecule has 1 heterocycles. The zero-order valence-corrected chi connectivity index (χ0v) is 19.8. The third kappa shape index (κ3) is 5.42. The minimum Gasteiger partial charge on any atom is -0.493 e. The first-order valence-corrected chi connectivity index (χ1v) is 11.1. The number of nitrogens with one attached hydrogen (secondary N) is 1. The number of hydrazone groups is 1. The number of methoxy groups -OCH3 is 1. The molecule has 172 valence electrons. The molecule has 0 atom stereocenters. The number of halogens is 2. The van der Waals surface area contributed by atoms with Gasteiger partial charge in [-0.3, -0.25) is 4.79 Å². The van der Waals surface area contributed by atoms with Crippen molar-refractivity contribution < 1.29 is 14.3 Å². The second kappa shape index (κ2) is 10.9. The van der Waals surface area contributed by atoms with E-state index in [2.05, 4.69) is 10.5 Å². The molecule has 4 aromatic rings. The Hall–Kier alpha value is -3.74. The summed E-state index contributed by atoms with van der Waals surface area (Å²) < 4.78 is 13.3. The van der Waals surface area contributed by atoms with Crippen molar-refractivity contribution in [3.8, 4) is 17.2 Å². The van der Waals surface area contributed by atoms with Crippen LogP contribution in [-0.2, 0) is 6.61 Å². The number of carbonyl (C=O) groups excluding carboxylic acids is 1. The molecule has 0 aliphatic heterocycles. The van der Waals surface area contributed by atoms with Gasteiger partial charge in [0.1, 0.15) is 6.61 Å². The van der Waals surface area contributed by atoms with Gasteiger partial charge in [0.15, 0.2) is 11.5 Å². The van der Waals surface area contributed by atoms with Crippen LogP contribution in [-0.4, -0.2) is 23.8 Å². The highest BCUT2D eigenvalue weighted by atomic mass is 35.5. The normalized spacial score (nSPS) is 10.9. The van der Waals surface area contributed by atoms with Gasteiger partial charge in [-0.2, -0.15) is 5.10 Å². The van der Waals surface area contributed by atoms with Crippen LogP contribution in [0.5, 0.6) is 11.5 Å². The summed E-state index contributed by atoms with van der Waals surface area (Å²) in [6.07, 6.45) is 5.27. The number of ether oxygens (including phenoxy) is 2. The van der Waals surface area contributed by atoms with Gasteiger partial charge in [-0.15, -0.1) is 0 Å². The maximum atomic E-state index is 12.8. The third-order valence-corrected chi connectivity index (χ3v) is 5.74. The number of carbonyl (C=O) groups is 1. The second-order valence-electron chi connectivity index (χ2n) is 7.22. The molecule has 0 aliphatic carbocycles. The number of hydrogen-bond acceptors (Lipinski definition) is 4. The minimum absolute atomic E-state index is 0.245. The van der Waals surface area contributed by atoms with Crippen molar-refractivity contribution in [2.75, 3.05) is 7.11 Å². The van der Waals surface area contributed by atoms with Crippen molar-refractivity contribution in [3.05, 3.63) is 112 Å². The summed E-state index contributed by atoms with van der Waals surface area (Å²) in [5, 5.41) is 5.08. The molecule has 1 aromatic heterocycles. The van der Waals surface area contributed by atoms with Gasteiger partial charge in [0.25, 0.3) is 5.91 Å². The van der Waals surface area contributed by atoms with E-state index in [1.54, 1.807) is 31.4 Å². The first kappa shape index (κ1) is 23.4. The van der Waals surface area contributed by atoms with Crippen molar-refractivity contribution in [2.24, 2.45) is 5.10 Å². The summed E-state index contributed by atoms with van der Waals surface area (Å²) in [7, 11) is 1.56. The maximum Gasteiger partial charge on any atom is 0.273 e. The lowest BCUT2D eigenvalue weighted by Crippen LogP contribution is -2.19. The van der Waals surface area contributed by atoms with Gasteiger partial charge in [-0.25, -0.2) is 5.43 Å². The van der Waals surface area contributed by atoms with E-state index in [0.29, 0.717) is 32.7 Å². The largest absolute Gasteiger partial charge is 0.493 e. The van der Waals surface area contributed by atoms with Gasteiger partial charge in [0, 0.05) is 18.0 Å². The Bertz CT molecular complexity index is 1320. The Morgan fingerprint density at radius 1 is 1.00 bits per heavy atom. The molecule has 34 heavy (non-hydrogen) atoms. The Balaban J connectivity index is 1.51. The van der Waals surface area contributed by atoms with Crippen molar-refractivity contribution in [1.29, 1.82) is 0 Å². The number of aromatic nitrogens is 1. The van der Waals surface area contributed by atoms with E-state index in [9.17, 15) is 4.79 Å². The van der Waals surface area contributed by atoms with E-state index in [4.69, 9.17) is 32.7 Å². The van der Waals surface area contributed by atoms with E-state index in [-0.39, 0.29) is 12.5 Å². The number of para-hydroxylation sites is 2. The molecule has 0 saturated heterocycles. The average molecular weight is 494 g/mol. The summed E-state index contributed by atoms with van der Waals surface area (Å²) >= 11 is 12.1.